The van der Waals surface area contributed by atoms with Crippen molar-refractivity contribution in [3.8, 4) is 5.75 Å². The Labute approximate surface area is 161 Å². The number of fused-ring (bicyclic) bond motifs is 1. The van der Waals surface area contributed by atoms with Crippen LogP contribution in [0.5, 0.6) is 5.75 Å². The van der Waals surface area contributed by atoms with Gasteiger partial charge in [0.25, 0.3) is 0 Å². The van der Waals surface area contributed by atoms with Crippen LogP contribution in [0.4, 0.5) is 4.39 Å². The zero-order valence-electron chi connectivity index (χ0n) is 14.5. The third kappa shape index (κ3) is 4.12. The predicted molar refractivity (Wildman–Crippen MR) is 107 cm³/mol. The summed E-state index contributed by atoms with van der Waals surface area (Å²) in [5, 5.41) is 0. The van der Waals surface area contributed by atoms with Crippen molar-refractivity contribution in [3.63, 3.8) is 0 Å². The van der Waals surface area contributed by atoms with Gasteiger partial charge in [0.1, 0.15) is 18.2 Å². The van der Waals surface area contributed by atoms with E-state index < -0.39 is 0 Å². The van der Waals surface area contributed by atoms with E-state index in [2.05, 4.69) is 0 Å². The third-order valence-electron chi connectivity index (χ3n) is 4.31. The smallest absolute Gasteiger partial charge is 0.191 e. The molecule has 27 heavy (non-hydrogen) atoms. The fraction of sp³-hybridized carbons (Fsp3) is 0.0870. The minimum absolute atomic E-state index is 0.112. The molecule has 3 aromatic rings. The molecule has 0 spiro atoms. The molecule has 1 aliphatic rings. The number of benzene rings is 3. The highest BCUT2D eigenvalue weighted by atomic mass is 32.2. The molecule has 3 aromatic carbocycles. The average Bonchev–Trinajstić information content (AvgIpc) is 2.70. The van der Waals surface area contributed by atoms with Gasteiger partial charge in [-0.25, -0.2) is 4.39 Å². The van der Waals surface area contributed by atoms with Crippen molar-refractivity contribution in [2.45, 2.75) is 11.5 Å². The molecule has 1 heterocycles. The van der Waals surface area contributed by atoms with E-state index in [1.165, 1.54) is 12.1 Å². The van der Waals surface area contributed by atoms with E-state index in [9.17, 15) is 9.18 Å². The standard InChI is InChI=1S/C23H17FO2S/c24-19-9-10-22-21(13-19)23(25)18(15-27-22)11-17-7-4-8-20(12-17)26-14-16-5-2-1-3-6-16/h1-13H,14-15H2/b18-11+. The van der Waals surface area contributed by atoms with E-state index in [0.717, 1.165) is 21.8 Å². The summed E-state index contributed by atoms with van der Waals surface area (Å²) in [7, 11) is 0. The fourth-order valence-electron chi connectivity index (χ4n) is 2.94. The molecule has 0 fully saturated rings. The van der Waals surface area contributed by atoms with Crippen LogP contribution in [0.3, 0.4) is 0 Å². The first-order valence-electron chi connectivity index (χ1n) is 8.63. The molecule has 4 rings (SSSR count). The second-order valence-electron chi connectivity index (χ2n) is 6.27. The fourth-order valence-corrected chi connectivity index (χ4v) is 3.94. The first-order valence-corrected chi connectivity index (χ1v) is 9.62. The molecule has 0 saturated heterocycles. The number of carbonyl (C=O) groups is 1. The van der Waals surface area contributed by atoms with Crippen LogP contribution in [0, 0.1) is 5.82 Å². The van der Waals surface area contributed by atoms with Crippen LogP contribution in [0.2, 0.25) is 0 Å². The molecule has 0 N–H and O–H groups in total. The molecule has 0 bridgehead atoms. The molecule has 134 valence electrons. The summed E-state index contributed by atoms with van der Waals surface area (Å²) < 4.78 is 19.4. The van der Waals surface area contributed by atoms with Gasteiger partial charge < -0.3 is 4.74 Å². The topological polar surface area (TPSA) is 26.3 Å². The van der Waals surface area contributed by atoms with E-state index in [0.29, 0.717) is 23.5 Å². The minimum atomic E-state index is -0.389. The summed E-state index contributed by atoms with van der Waals surface area (Å²) >= 11 is 1.55. The van der Waals surface area contributed by atoms with Crippen molar-refractivity contribution in [2.24, 2.45) is 0 Å². The Morgan fingerprint density at radius 1 is 1.00 bits per heavy atom. The molecule has 1 aliphatic heterocycles. The first kappa shape index (κ1) is 17.6. The average molecular weight is 376 g/mol. The Kier molecular flexibility index (Phi) is 5.07. The lowest BCUT2D eigenvalue weighted by Crippen LogP contribution is -2.12. The van der Waals surface area contributed by atoms with Crippen molar-refractivity contribution in [1.29, 1.82) is 0 Å². The van der Waals surface area contributed by atoms with Gasteiger partial charge in [0.15, 0.2) is 5.78 Å². The van der Waals surface area contributed by atoms with E-state index in [1.807, 2.05) is 60.7 Å². The van der Waals surface area contributed by atoms with Crippen LogP contribution in [-0.2, 0) is 6.61 Å². The maximum absolute atomic E-state index is 13.5. The van der Waals surface area contributed by atoms with E-state index in [1.54, 1.807) is 17.8 Å². The molecule has 0 amide bonds. The van der Waals surface area contributed by atoms with Gasteiger partial charge in [0, 0.05) is 21.8 Å². The van der Waals surface area contributed by atoms with Crippen LogP contribution in [0.1, 0.15) is 21.5 Å². The van der Waals surface area contributed by atoms with Gasteiger partial charge in [-0.05, 0) is 47.5 Å². The lowest BCUT2D eigenvalue weighted by molar-refractivity contribution is 0.103. The molecule has 0 unspecified atom stereocenters. The van der Waals surface area contributed by atoms with Crippen molar-refractivity contribution >= 4 is 23.6 Å². The summed E-state index contributed by atoms with van der Waals surface area (Å²) in [6, 6.07) is 22.0. The van der Waals surface area contributed by atoms with Crippen molar-refractivity contribution < 1.29 is 13.9 Å². The van der Waals surface area contributed by atoms with Crippen LogP contribution < -0.4 is 4.74 Å². The molecule has 4 heteroatoms. The first-order chi connectivity index (χ1) is 13.2. The van der Waals surface area contributed by atoms with Gasteiger partial charge in [-0.1, -0.05) is 42.5 Å². The summed E-state index contributed by atoms with van der Waals surface area (Å²) in [5.74, 6) is 0.821. The number of halogens is 1. The highest BCUT2D eigenvalue weighted by Crippen LogP contribution is 2.34. The number of Topliss-reactive ketones (excluding diaryl/α,β-unsaturated/α-hetero) is 1. The number of carbonyl (C=O) groups excluding carboxylic acids is 1. The maximum atomic E-state index is 13.5. The van der Waals surface area contributed by atoms with E-state index in [4.69, 9.17) is 4.74 Å². The summed E-state index contributed by atoms with van der Waals surface area (Å²) in [6.45, 7) is 0.488. The molecule has 0 radical (unpaired) electrons. The molecule has 0 atom stereocenters. The molecular weight excluding hydrogens is 359 g/mol. The number of thioether (sulfide) groups is 1. The van der Waals surface area contributed by atoms with Gasteiger partial charge in [-0.3, -0.25) is 4.79 Å². The number of ketones is 1. The predicted octanol–water partition coefficient (Wildman–Crippen LogP) is 5.78. The molecule has 0 aromatic heterocycles. The molecule has 0 aliphatic carbocycles. The maximum Gasteiger partial charge on any atom is 0.191 e. The Balaban J connectivity index is 1.53. The lowest BCUT2D eigenvalue weighted by atomic mass is 10.0. The van der Waals surface area contributed by atoms with Gasteiger partial charge in [0.05, 0.1) is 0 Å². The van der Waals surface area contributed by atoms with Crippen molar-refractivity contribution in [1.82, 2.24) is 0 Å². The van der Waals surface area contributed by atoms with Crippen LogP contribution >= 0.6 is 11.8 Å². The van der Waals surface area contributed by atoms with Crippen molar-refractivity contribution in [2.75, 3.05) is 5.75 Å². The zero-order valence-corrected chi connectivity index (χ0v) is 15.3. The van der Waals surface area contributed by atoms with Crippen molar-refractivity contribution in [3.05, 3.63) is 101 Å². The highest BCUT2D eigenvalue weighted by Gasteiger charge is 2.23. The molecule has 2 nitrogen and oxygen atoms in total. The Morgan fingerprint density at radius 2 is 1.85 bits per heavy atom. The SMILES string of the molecule is O=C1/C(=C/c2cccc(OCc3ccccc3)c2)CSc2ccc(F)cc21. The van der Waals surface area contributed by atoms with E-state index >= 15 is 0 Å². The van der Waals surface area contributed by atoms with Gasteiger partial charge in [-0.15, -0.1) is 11.8 Å². The van der Waals surface area contributed by atoms with Gasteiger partial charge in [0.2, 0.25) is 0 Å². The lowest BCUT2D eigenvalue weighted by Gasteiger charge is -2.17. The van der Waals surface area contributed by atoms with Gasteiger partial charge in [-0.2, -0.15) is 0 Å². The minimum Gasteiger partial charge on any atom is -0.489 e. The van der Waals surface area contributed by atoms with Crippen LogP contribution in [0.15, 0.2) is 83.3 Å². The molecular formula is C23H17FO2S. The van der Waals surface area contributed by atoms with Gasteiger partial charge >= 0.3 is 0 Å². The normalized spacial score (nSPS) is 14.9. The number of rotatable bonds is 4. The second kappa shape index (κ2) is 7.80. The third-order valence-corrected chi connectivity index (χ3v) is 5.43. The number of hydrogen-bond donors (Lipinski definition) is 0. The number of ether oxygens (including phenoxy) is 1. The number of hydrogen-bond acceptors (Lipinski definition) is 3. The summed E-state index contributed by atoms with van der Waals surface area (Å²) in [4.78, 5) is 13.5. The zero-order chi connectivity index (χ0) is 18.6. The highest BCUT2D eigenvalue weighted by molar-refractivity contribution is 7.99. The Bertz CT molecular complexity index is 1010. The van der Waals surface area contributed by atoms with E-state index in [-0.39, 0.29) is 11.6 Å². The second-order valence-corrected chi connectivity index (χ2v) is 7.29. The van der Waals surface area contributed by atoms with Crippen LogP contribution in [-0.4, -0.2) is 11.5 Å². The van der Waals surface area contributed by atoms with Crippen LogP contribution in [0.25, 0.3) is 6.08 Å². The Hall–Kier alpha value is -2.85. The summed E-state index contributed by atoms with van der Waals surface area (Å²) in [6.07, 6.45) is 1.86. The Morgan fingerprint density at radius 3 is 2.70 bits per heavy atom. The molecule has 0 saturated carbocycles. The monoisotopic (exact) mass is 376 g/mol. The quantitative estimate of drug-likeness (QED) is 0.540. The largest absolute Gasteiger partial charge is 0.489 e. The summed E-state index contributed by atoms with van der Waals surface area (Å²) in [5.41, 5.74) is 3.09.